The highest BCUT2D eigenvalue weighted by atomic mass is 31.2. The molecule has 8 nitrogen and oxygen atoms in total. The van der Waals surface area contributed by atoms with Gasteiger partial charge in [-0.05, 0) is 31.5 Å². The molecular weight excluding hydrogens is 285 g/mol. The zero-order valence-corrected chi connectivity index (χ0v) is 12.1. The number of hydrazone groups is 1. The predicted molar refractivity (Wildman–Crippen MR) is 75.1 cm³/mol. The Bertz CT molecular complexity index is 434. The van der Waals surface area contributed by atoms with Gasteiger partial charge < -0.3 is 9.05 Å². The Morgan fingerprint density at radius 3 is 2.40 bits per heavy atom. The van der Waals surface area contributed by atoms with Gasteiger partial charge in [-0.1, -0.05) is 0 Å². The summed E-state index contributed by atoms with van der Waals surface area (Å²) in [5.74, 6) is 0. The van der Waals surface area contributed by atoms with E-state index in [-0.39, 0.29) is 5.69 Å². The van der Waals surface area contributed by atoms with Crippen molar-refractivity contribution in [2.45, 2.75) is 13.8 Å². The monoisotopic (exact) mass is 301 g/mol. The molecule has 0 amide bonds. The van der Waals surface area contributed by atoms with Gasteiger partial charge in [0.2, 0.25) is 0 Å². The largest absolute Gasteiger partial charge is 0.357 e. The minimum atomic E-state index is -1.47. The second-order valence-electron chi connectivity index (χ2n) is 3.35. The first-order valence-corrected chi connectivity index (χ1v) is 7.02. The number of nitro benzene ring substituents is 1. The van der Waals surface area contributed by atoms with Crippen molar-refractivity contribution in [2.24, 2.45) is 5.10 Å². The van der Waals surface area contributed by atoms with Crippen molar-refractivity contribution in [3.8, 4) is 0 Å². The summed E-state index contributed by atoms with van der Waals surface area (Å²) in [6, 6.07) is 5.96. The van der Waals surface area contributed by atoms with Gasteiger partial charge in [-0.3, -0.25) is 10.1 Å². The van der Waals surface area contributed by atoms with E-state index in [1.165, 1.54) is 18.3 Å². The lowest BCUT2D eigenvalue weighted by Gasteiger charge is -2.12. The topological polar surface area (TPSA) is 95.2 Å². The first kappa shape index (κ1) is 16.5. The molecule has 0 unspecified atom stereocenters. The average molecular weight is 301 g/mol. The van der Waals surface area contributed by atoms with Crippen LogP contribution in [-0.2, 0) is 13.7 Å². The van der Waals surface area contributed by atoms with Crippen molar-refractivity contribution in [1.29, 1.82) is 0 Å². The highest BCUT2D eigenvalue weighted by molar-refractivity contribution is 7.41. The van der Waals surface area contributed by atoms with Crippen LogP contribution in [0.4, 0.5) is 5.69 Å². The minimum Gasteiger partial charge on any atom is -0.311 e. The van der Waals surface area contributed by atoms with Crippen LogP contribution in [0.1, 0.15) is 19.4 Å². The average Bonchev–Trinajstić information content (AvgIpc) is 2.44. The van der Waals surface area contributed by atoms with E-state index in [4.69, 9.17) is 13.7 Å². The molecule has 1 aromatic rings. The van der Waals surface area contributed by atoms with Crippen LogP contribution < -0.4 is 5.59 Å². The summed E-state index contributed by atoms with van der Waals surface area (Å²) in [4.78, 5) is 10.0. The van der Waals surface area contributed by atoms with E-state index < -0.39 is 13.5 Å². The molecule has 1 rings (SSSR count). The molecule has 0 aliphatic carbocycles. The SMILES string of the molecule is CCOP(OCC)ON/N=C\c1ccc([N+](=O)[O-])cc1. The molecule has 110 valence electrons. The molecule has 0 spiro atoms. The number of nitrogens with zero attached hydrogens (tertiary/aromatic N) is 2. The molecule has 9 heteroatoms. The summed E-state index contributed by atoms with van der Waals surface area (Å²) in [6.07, 6.45) is 1.47. The van der Waals surface area contributed by atoms with Crippen LogP contribution in [0.5, 0.6) is 0 Å². The Labute approximate surface area is 117 Å². The molecule has 1 aromatic carbocycles. The Hall–Kier alpha value is -1.60. The van der Waals surface area contributed by atoms with Gasteiger partial charge in [-0.25, -0.2) is 0 Å². The first-order chi connectivity index (χ1) is 9.67. The lowest BCUT2D eigenvalue weighted by Crippen LogP contribution is -2.06. The van der Waals surface area contributed by atoms with Crippen molar-refractivity contribution < 1.29 is 18.6 Å². The molecular formula is C11H16N3O5P. The predicted octanol–water partition coefficient (Wildman–Crippen LogP) is 2.75. The van der Waals surface area contributed by atoms with E-state index in [2.05, 4.69) is 10.7 Å². The molecule has 0 heterocycles. The van der Waals surface area contributed by atoms with Crippen LogP contribution in [0.2, 0.25) is 0 Å². The fourth-order valence-corrected chi connectivity index (χ4v) is 1.86. The number of benzene rings is 1. The molecule has 0 saturated carbocycles. The van der Waals surface area contributed by atoms with E-state index in [9.17, 15) is 10.1 Å². The van der Waals surface area contributed by atoms with Gasteiger partial charge in [0.25, 0.3) is 5.69 Å². The second kappa shape index (κ2) is 9.33. The lowest BCUT2D eigenvalue weighted by atomic mass is 10.2. The van der Waals surface area contributed by atoms with Crippen LogP contribution in [0.25, 0.3) is 0 Å². The summed E-state index contributed by atoms with van der Waals surface area (Å²) in [5.41, 5.74) is 3.08. The van der Waals surface area contributed by atoms with Crippen molar-refractivity contribution in [2.75, 3.05) is 13.2 Å². The molecule has 1 N–H and O–H groups in total. The molecule has 0 bridgehead atoms. The van der Waals surface area contributed by atoms with Gasteiger partial charge in [0, 0.05) is 12.1 Å². The van der Waals surface area contributed by atoms with Crippen molar-refractivity contribution in [3.05, 3.63) is 39.9 Å². The number of hydrogen-bond donors (Lipinski definition) is 1. The maximum Gasteiger partial charge on any atom is 0.357 e. The van der Waals surface area contributed by atoms with Crippen LogP contribution in [-0.4, -0.2) is 24.4 Å². The molecule has 0 fully saturated rings. The van der Waals surface area contributed by atoms with Crippen LogP contribution >= 0.6 is 8.60 Å². The third-order valence-electron chi connectivity index (χ3n) is 1.95. The van der Waals surface area contributed by atoms with Crippen LogP contribution in [0, 0.1) is 10.1 Å². The molecule has 0 aliphatic heterocycles. The minimum absolute atomic E-state index is 0.0302. The number of non-ortho nitro benzene ring substituents is 1. The number of nitro groups is 1. The number of nitrogens with one attached hydrogen (secondary N) is 1. The van der Waals surface area contributed by atoms with Crippen molar-refractivity contribution in [1.82, 2.24) is 5.59 Å². The standard InChI is InChI=1S/C11H16N3O5P/c1-3-17-20(18-4-2)19-13-12-9-10-5-7-11(8-6-10)14(15)16/h5-9,13H,3-4H2,1-2H3/b12-9-. The maximum absolute atomic E-state index is 10.5. The maximum atomic E-state index is 10.5. The molecule has 0 saturated heterocycles. The van der Waals surface area contributed by atoms with Gasteiger partial charge in [0.05, 0.1) is 24.4 Å². The second-order valence-corrected chi connectivity index (χ2v) is 4.49. The summed E-state index contributed by atoms with van der Waals surface area (Å²) in [5, 5.41) is 14.3. The summed E-state index contributed by atoms with van der Waals surface area (Å²) >= 11 is 0. The Morgan fingerprint density at radius 1 is 1.30 bits per heavy atom. The van der Waals surface area contributed by atoms with E-state index in [1.807, 2.05) is 13.8 Å². The highest BCUT2D eigenvalue weighted by Crippen LogP contribution is 2.37. The van der Waals surface area contributed by atoms with Crippen molar-refractivity contribution in [3.63, 3.8) is 0 Å². The summed E-state index contributed by atoms with van der Waals surface area (Å²) in [7, 11) is -1.47. The molecule has 20 heavy (non-hydrogen) atoms. The van der Waals surface area contributed by atoms with Crippen LogP contribution in [0.15, 0.2) is 29.4 Å². The van der Waals surface area contributed by atoms with E-state index in [1.54, 1.807) is 12.1 Å². The van der Waals surface area contributed by atoms with Gasteiger partial charge in [0.1, 0.15) is 0 Å². The van der Waals surface area contributed by atoms with Gasteiger partial charge in [0.15, 0.2) is 0 Å². The Morgan fingerprint density at radius 2 is 1.90 bits per heavy atom. The molecule has 0 aliphatic rings. The number of hydrogen-bond acceptors (Lipinski definition) is 7. The van der Waals surface area contributed by atoms with Gasteiger partial charge in [-0.15, -0.1) is 0 Å². The fourth-order valence-electron chi connectivity index (χ4n) is 1.14. The van der Waals surface area contributed by atoms with Crippen LogP contribution in [0.3, 0.4) is 0 Å². The Balaban J connectivity index is 2.41. The van der Waals surface area contributed by atoms with Gasteiger partial charge in [-0.2, -0.15) is 15.3 Å². The molecule has 0 radical (unpaired) electrons. The van der Waals surface area contributed by atoms with Gasteiger partial charge >= 0.3 is 8.60 Å². The fraction of sp³-hybridized carbons (Fsp3) is 0.364. The lowest BCUT2D eigenvalue weighted by molar-refractivity contribution is -0.384. The molecule has 0 atom stereocenters. The normalized spacial score (nSPS) is 11.2. The highest BCUT2D eigenvalue weighted by Gasteiger charge is 2.10. The Kier molecular flexibility index (Phi) is 7.67. The third kappa shape index (κ3) is 6.03. The summed E-state index contributed by atoms with van der Waals surface area (Å²) in [6.45, 7) is 4.61. The quantitative estimate of drug-likeness (QED) is 0.326. The van der Waals surface area contributed by atoms with Crippen molar-refractivity contribution >= 4 is 20.5 Å². The summed E-state index contributed by atoms with van der Waals surface area (Å²) < 4.78 is 15.4. The van der Waals surface area contributed by atoms with E-state index in [0.29, 0.717) is 18.8 Å². The zero-order valence-electron chi connectivity index (χ0n) is 11.2. The first-order valence-electron chi connectivity index (χ1n) is 5.92. The van der Waals surface area contributed by atoms with E-state index >= 15 is 0 Å². The third-order valence-corrected chi connectivity index (χ3v) is 3.12. The number of rotatable bonds is 9. The van der Waals surface area contributed by atoms with E-state index in [0.717, 1.165) is 0 Å². The smallest absolute Gasteiger partial charge is 0.311 e. The zero-order chi connectivity index (χ0) is 14.8. The molecule has 0 aromatic heterocycles.